The number of aromatic nitrogens is 4. The van der Waals surface area contributed by atoms with E-state index in [2.05, 4.69) is 20.7 Å². The molecule has 0 saturated heterocycles. The van der Waals surface area contributed by atoms with E-state index >= 15 is 0 Å². The first-order chi connectivity index (χ1) is 10.1. The maximum absolute atomic E-state index is 12.4. The zero-order chi connectivity index (χ0) is 14.4. The molecule has 5 rings (SSSR count). The second-order valence-corrected chi connectivity index (χ2v) is 7.44. The molecule has 0 spiro atoms. The molecule has 4 bridgehead atoms. The zero-order valence-corrected chi connectivity index (χ0v) is 12.6. The Morgan fingerprint density at radius 1 is 1.24 bits per heavy atom. The first-order valence-electron chi connectivity index (χ1n) is 8.22. The van der Waals surface area contributed by atoms with Crippen LogP contribution >= 0.6 is 0 Å². The summed E-state index contributed by atoms with van der Waals surface area (Å²) < 4.78 is 0. The molecule has 6 heteroatoms. The first-order valence-corrected chi connectivity index (χ1v) is 8.22. The topological polar surface area (TPSA) is 72.7 Å². The molecule has 0 aliphatic heterocycles. The summed E-state index contributed by atoms with van der Waals surface area (Å²) in [6.07, 6.45) is 8.62. The smallest absolute Gasteiger partial charge is 0.270 e. The molecule has 1 aromatic rings. The number of carbonyl (C=O) groups is 1. The molecule has 0 radical (unpaired) electrons. The van der Waals surface area contributed by atoms with Crippen LogP contribution in [0, 0.1) is 23.2 Å². The predicted octanol–water partition coefficient (Wildman–Crippen LogP) is 2.24. The maximum atomic E-state index is 12.4. The summed E-state index contributed by atoms with van der Waals surface area (Å²) >= 11 is 0. The fraction of sp³-hybridized carbons (Fsp3) is 0.867. The van der Waals surface area contributed by atoms with Gasteiger partial charge in [0.2, 0.25) is 5.91 Å². The molecule has 4 aliphatic rings. The van der Waals surface area contributed by atoms with Crippen LogP contribution < -0.4 is 5.32 Å². The third kappa shape index (κ3) is 2.45. The number of rotatable bonds is 4. The highest BCUT2D eigenvalue weighted by Gasteiger charge is 2.51. The number of nitrogens with one attached hydrogen (secondary N) is 1. The Labute approximate surface area is 124 Å². The third-order valence-electron chi connectivity index (χ3n) is 5.69. The van der Waals surface area contributed by atoms with Crippen LogP contribution in [0.2, 0.25) is 0 Å². The largest absolute Gasteiger partial charge is 0.292 e. The second-order valence-electron chi connectivity index (χ2n) is 7.44. The quantitative estimate of drug-likeness (QED) is 0.922. The van der Waals surface area contributed by atoms with Crippen molar-refractivity contribution in [1.82, 2.24) is 20.2 Å². The van der Waals surface area contributed by atoms with Crippen molar-refractivity contribution in [2.45, 2.75) is 58.4 Å². The SMILES string of the molecule is CCn1nnc(NC(=O)CC23CC4CC(CC(C4)C2)C3)n1. The molecule has 4 fully saturated rings. The number of hydrogen-bond acceptors (Lipinski definition) is 4. The molecular formula is C15H23N5O. The molecule has 6 nitrogen and oxygen atoms in total. The summed E-state index contributed by atoms with van der Waals surface area (Å²) in [6.45, 7) is 2.61. The lowest BCUT2D eigenvalue weighted by Crippen LogP contribution is -2.47. The summed E-state index contributed by atoms with van der Waals surface area (Å²) in [7, 11) is 0. The highest BCUT2D eigenvalue weighted by Crippen LogP contribution is 2.61. The molecule has 1 amide bonds. The molecular weight excluding hydrogens is 266 g/mol. The molecule has 4 aliphatic carbocycles. The van der Waals surface area contributed by atoms with Crippen molar-refractivity contribution in [3.63, 3.8) is 0 Å². The number of anilines is 1. The molecule has 21 heavy (non-hydrogen) atoms. The Morgan fingerprint density at radius 3 is 2.38 bits per heavy atom. The Balaban J connectivity index is 1.42. The van der Waals surface area contributed by atoms with Gasteiger partial charge in [0.15, 0.2) is 0 Å². The van der Waals surface area contributed by atoms with Gasteiger partial charge in [-0.25, -0.2) is 0 Å². The van der Waals surface area contributed by atoms with E-state index in [0.717, 1.165) is 17.8 Å². The Kier molecular flexibility index (Phi) is 3.01. The lowest BCUT2D eigenvalue weighted by molar-refractivity contribution is -0.124. The number of aryl methyl sites for hydroxylation is 1. The lowest BCUT2D eigenvalue weighted by atomic mass is 9.49. The van der Waals surface area contributed by atoms with Gasteiger partial charge in [-0.2, -0.15) is 4.80 Å². The van der Waals surface area contributed by atoms with Gasteiger partial charge < -0.3 is 0 Å². The van der Waals surface area contributed by atoms with Gasteiger partial charge in [0.1, 0.15) is 0 Å². The van der Waals surface area contributed by atoms with Gasteiger partial charge in [0, 0.05) is 6.42 Å². The highest BCUT2D eigenvalue weighted by molar-refractivity contribution is 5.89. The van der Waals surface area contributed by atoms with Crippen LogP contribution in [0.1, 0.15) is 51.9 Å². The van der Waals surface area contributed by atoms with Gasteiger partial charge >= 0.3 is 0 Å². The molecule has 0 unspecified atom stereocenters. The van der Waals surface area contributed by atoms with E-state index in [1.54, 1.807) is 0 Å². The van der Waals surface area contributed by atoms with Gasteiger partial charge in [0.25, 0.3) is 5.95 Å². The van der Waals surface area contributed by atoms with Gasteiger partial charge in [-0.1, -0.05) is 5.10 Å². The summed E-state index contributed by atoms with van der Waals surface area (Å²) in [5, 5.41) is 14.7. The van der Waals surface area contributed by atoms with E-state index in [0.29, 0.717) is 18.9 Å². The monoisotopic (exact) mass is 289 g/mol. The predicted molar refractivity (Wildman–Crippen MR) is 77.3 cm³/mol. The van der Waals surface area contributed by atoms with E-state index in [9.17, 15) is 4.79 Å². The second kappa shape index (κ2) is 4.78. The summed E-state index contributed by atoms with van der Waals surface area (Å²) in [5.41, 5.74) is 0.263. The van der Waals surface area contributed by atoms with Crippen LogP contribution in [0.5, 0.6) is 0 Å². The van der Waals surface area contributed by atoms with E-state index in [4.69, 9.17) is 0 Å². The van der Waals surface area contributed by atoms with Crippen LogP contribution in [-0.2, 0) is 11.3 Å². The van der Waals surface area contributed by atoms with Crippen molar-refractivity contribution in [3.05, 3.63) is 0 Å². The molecule has 114 valence electrons. The van der Waals surface area contributed by atoms with Crippen molar-refractivity contribution in [1.29, 1.82) is 0 Å². The van der Waals surface area contributed by atoms with E-state index in [1.807, 2.05) is 6.92 Å². The third-order valence-corrected chi connectivity index (χ3v) is 5.69. The number of nitrogens with zero attached hydrogens (tertiary/aromatic N) is 4. The standard InChI is InChI=1S/C15H23N5O/c1-2-20-18-14(17-19-20)16-13(21)9-15-6-10-3-11(7-15)5-12(4-10)8-15/h10-12H,2-9H2,1H3,(H,16,18,21). The normalized spacial score (nSPS) is 36.9. The Hall–Kier alpha value is -1.46. The number of hydrogen-bond donors (Lipinski definition) is 1. The Morgan fingerprint density at radius 2 is 1.86 bits per heavy atom. The summed E-state index contributed by atoms with van der Waals surface area (Å²) in [4.78, 5) is 13.9. The van der Waals surface area contributed by atoms with Crippen molar-refractivity contribution in [3.8, 4) is 0 Å². The highest BCUT2D eigenvalue weighted by atomic mass is 16.1. The summed E-state index contributed by atoms with van der Waals surface area (Å²) in [5.74, 6) is 3.04. The Bertz CT molecular complexity index is 517. The first kappa shape index (κ1) is 13.2. The van der Waals surface area contributed by atoms with Crippen LogP contribution in [0.15, 0.2) is 0 Å². The van der Waals surface area contributed by atoms with Crippen molar-refractivity contribution >= 4 is 11.9 Å². The molecule has 0 atom stereocenters. The summed E-state index contributed by atoms with van der Waals surface area (Å²) in [6, 6.07) is 0. The van der Waals surface area contributed by atoms with Crippen molar-refractivity contribution in [2.24, 2.45) is 23.2 Å². The fourth-order valence-corrected chi connectivity index (χ4v) is 5.44. The minimum absolute atomic E-state index is 0.0626. The zero-order valence-electron chi connectivity index (χ0n) is 12.6. The van der Waals surface area contributed by atoms with Gasteiger partial charge in [-0.05, 0) is 73.8 Å². The van der Waals surface area contributed by atoms with Gasteiger partial charge in [0.05, 0.1) is 6.54 Å². The molecule has 1 N–H and O–H groups in total. The van der Waals surface area contributed by atoms with E-state index in [1.165, 1.54) is 43.3 Å². The van der Waals surface area contributed by atoms with Gasteiger partial charge in [-0.3, -0.25) is 10.1 Å². The lowest BCUT2D eigenvalue weighted by Gasteiger charge is -2.56. The number of tetrazole rings is 1. The van der Waals surface area contributed by atoms with Crippen LogP contribution in [0.3, 0.4) is 0 Å². The minimum Gasteiger partial charge on any atom is -0.292 e. The number of amides is 1. The maximum Gasteiger partial charge on any atom is 0.270 e. The van der Waals surface area contributed by atoms with Crippen molar-refractivity contribution < 1.29 is 4.79 Å². The average molecular weight is 289 g/mol. The molecule has 0 aromatic carbocycles. The van der Waals surface area contributed by atoms with Gasteiger partial charge in [-0.15, -0.1) is 5.10 Å². The van der Waals surface area contributed by atoms with Crippen LogP contribution in [-0.4, -0.2) is 26.1 Å². The van der Waals surface area contributed by atoms with Crippen LogP contribution in [0.4, 0.5) is 5.95 Å². The van der Waals surface area contributed by atoms with E-state index < -0.39 is 0 Å². The molecule has 4 saturated carbocycles. The van der Waals surface area contributed by atoms with Crippen molar-refractivity contribution in [2.75, 3.05) is 5.32 Å². The van der Waals surface area contributed by atoms with E-state index in [-0.39, 0.29) is 11.3 Å². The van der Waals surface area contributed by atoms with Crippen LogP contribution in [0.25, 0.3) is 0 Å². The fourth-order valence-electron chi connectivity index (χ4n) is 5.44. The minimum atomic E-state index is 0.0626. The number of carbonyl (C=O) groups excluding carboxylic acids is 1. The molecule has 1 aromatic heterocycles. The molecule has 1 heterocycles. The average Bonchev–Trinajstić information content (AvgIpc) is 2.83.